The van der Waals surface area contributed by atoms with Crippen molar-refractivity contribution in [3.05, 3.63) is 18.2 Å². The predicted molar refractivity (Wildman–Crippen MR) is 72.6 cm³/mol. The summed E-state index contributed by atoms with van der Waals surface area (Å²) in [7, 11) is 1.56. The van der Waals surface area contributed by atoms with E-state index in [1.807, 2.05) is 0 Å². The van der Waals surface area contributed by atoms with Crippen LogP contribution in [0.3, 0.4) is 0 Å². The smallest absolute Gasteiger partial charge is 0.338 e. The van der Waals surface area contributed by atoms with Gasteiger partial charge in [-0.15, -0.1) is 0 Å². The van der Waals surface area contributed by atoms with Crippen LogP contribution in [0.2, 0.25) is 0 Å². The van der Waals surface area contributed by atoms with Crippen molar-refractivity contribution >= 4 is 11.7 Å². The molecule has 6 heteroatoms. The van der Waals surface area contributed by atoms with Crippen LogP contribution in [0.15, 0.2) is 18.2 Å². The van der Waals surface area contributed by atoms with Crippen molar-refractivity contribution in [2.24, 2.45) is 0 Å². The van der Waals surface area contributed by atoms with Crippen LogP contribution < -0.4 is 15.2 Å². The minimum atomic E-state index is -0.859. The average molecular weight is 281 g/mol. The van der Waals surface area contributed by atoms with E-state index >= 15 is 0 Å². The first-order valence-electron chi connectivity index (χ1n) is 6.38. The van der Waals surface area contributed by atoms with Crippen LogP contribution in [0.5, 0.6) is 11.5 Å². The largest absolute Gasteiger partial charge is 0.497 e. The summed E-state index contributed by atoms with van der Waals surface area (Å²) in [4.78, 5) is 11.5. The third kappa shape index (κ3) is 3.54. The number of cyclic esters (lactones) is 1. The fourth-order valence-electron chi connectivity index (χ4n) is 1.98. The first-order valence-corrected chi connectivity index (χ1v) is 6.38. The standard InChI is InChI=1S/C14H19NO5/c1-14(2)19-12(13(16)20-14)4-5-18-11-7-9(15)6-10(8-11)17-3/h6-8,12H,4-5,15H2,1-3H3/t12-/m0/s1. The number of nitrogen functional groups attached to an aromatic ring is 1. The molecule has 6 nitrogen and oxygen atoms in total. The molecule has 1 atom stereocenters. The Bertz CT molecular complexity index is 500. The van der Waals surface area contributed by atoms with Crippen molar-refractivity contribution < 1.29 is 23.7 Å². The molecule has 1 aliphatic heterocycles. The maximum Gasteiger partial charge on any atom is 0.338 e. The van der Waals surface area contributed by atoms with Gasteiger partial charge in [-0.3, -0.25) is 0 Å². The zero-order chi connectivity index (χ0) is 14.8. The van der Waals surface area contributed by atoms with E-state index in [0.29, 0.717) is 30.2 Å². The summed E-state index contributed by atoms with van der Waals surface area (Å²) in [6.45, 7) is 3.73. The highest BCUT2D eigenvalue weighted by atomic mass is 16.8. The Balaban J connectivity index is 1.87. The van der Waals surface area contributed by atoms with Gasteiger partial charge in [0.2, 0.25) is 5.79 Å². The Morgan fingerprint density at radius 2 is 2.00 bits per heavy atom. The lowest BCUT2D eigenvalue weighted by Gasteiger charge is -2.15. The number of nitrogens with two attached hydrogens (primary N) is 1. The highest BCUT2D eigenvalue weighted by molar-refractivity contribution is 5.76. The van der Waals surface area contributed by atoms with Gasteiger partial charge in [0.15, 0.2) is 6.10 Å². The number of carbonyl (C=O) groups is 1. The van der Waals surface area contributed by atoms with E-state index in [4.69, 9.17) is 24.7 Å². The molecule has 2 N–H and O–H groups in total. The van der Waals surface area contributed by atoms with Gasteiger partial charge in [0.25, 0.3) is 0 Å². The molecule has 0 aromatic heterocycles. The minimum Gasteiger partial charge on any atom is -0.497 e. The summed E-state index contributed by atoms with van der Waals surface area (Å²) < 4.78 is 21.2. The van der Waals surface area contributed by atoms with Gasteiger partial charge in [0.05, 0.1) is 13.7 Å². The van der Waals surface area contributed by atoms with E-state index in [9.17, 15) is 4.79 Å². The van der Waals surface area contributed by atoms with Crippen LogP contribution in [-0.4, -0.2) is 31.6 Å². The lowest BCUT2D eigenvalue weighted by Crippen LogP contribution is -2.22. The SMILES string of the molecule is COc1cc(N)cc(OCC[C@@H]2OC(C)(C)OC2=O)c1. The Kier molecular flexibility index (Phi) is 4.04. The van der Waals surface area contributed by atoms with Crippen molar-refractivity contribution in [1.82, 2.24) is 0 Å². The van der Waals surface area contributed by atoms with Crippen LogP contribution in [0, 0.1) is 0 Å². The maximum atomic E-state index is 11.5. The highest BCUT2D eigenvalue weighted by Gasteiger charge is 2.40. The van der Waals surface area contributed by atoms with Crippen LogP contribution in [0.25, 0.3) is 0 Å². The zero-order valence-corrected chi connectivity index (χ0v) is 11.8. The van der Waals surface area contributed by atoms with Gasteiger partial charge in [0.1, 0.15) is 11.5 Å². The fraction of sp³-hybridized carbons (Fsp3) is 0.500. The molecule has 1 aromatic carbocycles. The lowest BCUT2D eigenvalue weighted by molar-refractivity contribution is -0.160. The summed E-state index contributed by atoms with van der Waals surface area (Å²) >= 11 is 0. The highest BCUT2D eigenvalue weighted by Crippen LogP contribution is 2.27. The van der Waals surface area contributed by atoms with Crippen molar-refractivity contribution in [3.63, 3.8) is 0 Å². The molecule has 1 heterocycles. The van der Waals surface area contributed by atoms with Gasteiger partial charge in [-0.2, -0.15) is 0 Å². The van der Waals surface area contributed by atoms with Gasteiger partial charge in [-0.1, -0.05) is 0 Å². The number of methoxy groups -OCH3 is 1. The third-order valence-corrected chi connectivity index (χ3v) is 2.82. The van der Waals surface area contributed by atoms with Crippen molar-refractivity contribution in [2.75, 3.05) is 19.5 Å². The number of hydrogen-bond acceptors (Lipinski definition) is 6. The minimum absolute atomic E-state index is 0.322. The molecule has 110 valence electrons. The molecule has 0 radical (unpaired) electrons. The Morgan fingerprint density at radius 1 is 1.30 bits per heavy atom. The molecule has 0 bridgehead atoms. The lowest BCUT2D eigenvalue weighted by atomic mass is 10.2. The number of anilines is 1. The summed E-state index contributed by atoms with van der Waals surface area (Å²) in [5.41, 5.74) is 6.28. The van der Waals surface area contributed by atoms with Crippen molar-refractivity contribution in [3.8, 4) is 11.5 Å². The van der Waals surface area contributed by atoms with Gasteiger partial charge in [0, 0.05) is 44.2 Å². The monoisotopic (exact) mass is 281 g/mol. The summed E-state index contributed by atoms with van der Waals surface area (Å²) in [5.74, 6) is -0.00353. The average Bonchev–Trinajstić information content (AvgIpc) is 2.61. The number of esters is 1. The van der Waals surface area contributed by atoms with E-state index in [0.717, 1.165) is 0 Å². The molecular weight excluding hydrogens is 262 g/mol. The zero-order valence-electron chi connectivity index (χ0n) is 11.8. The Morgan fingerprint density at radius 3 is 2.60 bits per heavy atom. The second kappa shape index (κ2) is 5.58. The van der Waals surface area contributed by atoms with E-state index in [-0.39, 0.29) is 5.97 Å². The Labute approximate surface area is 117 Å². The molecule has 0 spiro atoms. The number of hydrogen-bond donors (Lipinski definition) is 1. The van der Waals surface area contributed by atoms with Crippen LogP contribution in [-0.2, 0) is 14.3 Å². The quantitative estimate of drug-likeness (QED) is 0.654. The molecule has 0 unspecified atom stereocenters. The molecule has 0 amide bonds. The van der Waals surface area contributed by atoms with Gasteiger partial charge >= 0.3 is 5.97 Å². The summed E-state index contributed by atoms with van der Waals surface area (Å²) in [6.07, 6.45) is -0.174. The normalized spacial score (nSPS) is 20.6. The van der Waals surface area contributed by atoms with Crippen LogP contribution in [0.4, 0.5) is 5.69 Å². The molecule has 0 saturated carbocycles. The van der Waals surface area contributed by atoms with Gasteiger partial charge in [-0.25, -0.2) is 4.79 Å². The number of ether oxygens (including phenoxy) is 4. The van der Waals surface area contributed by atoms with E-state index in [1.54, 1.807) is 39.2 Å². The van der Waals surface area contributed by atoms with Gasteiger partial charge < -0.3 is 24.7 Å². The number of rotatable bonds is 5. The van der Waals surface area contributed by atoms with E-state index in [2.05, 4.69) is 0 Å². The van der Waals surface area contributed by atoms with Crippen molar-refractivity contribution in [1.29, 1.82) is 0 Å². The summed E-state index contributed by atoms with van der Waals surface area (Å²) in [5, 5.41) is 0. The molecule has 1 aromatic rings. The first-order chi connectivity index (χ1) is 9.39. The van der Waals surface area contributed by atoms with Crippen molar-refractivity contribution in [2.45, 2.75) is 32.2 Å². The number of carbonyl (C=O) groups excluding carboxylic acids is 1. The molecule has 1 fully saturated rings. The second-order valence-corrected chi connectivity index (χ2v) is 5.01. The molecule has 20 heavy (non-hydrogen) atoms. The predicted octanol–water partition coefficient (Wildman–Crippen LogP) is 1.72. The molecule has 1 saturated heterocycles. The topological polar surface area (TPSA) is 80.0 Å². The molecular formula is C14H19NO5. The molecule has 2 rings (SSSR count). The second-order valence-electron chi connectivity index (χ2n) is 5.01. The maximum absolute atomic E-state index is 11.5. The van der Waals surface area contributed by atoms with Crippen LogP contribution in [0.1, 0.15) is 20.3 Å². The third-order valence-electron chi connectivity index (χ3n) is 2.82. The molecule has 0 aliphatic carbocycles. The summed E-state index contributed by atoms with van der Waals surface area (Å²) in [6, 6.07) is 5.13. The fourth-order valence-corrected chi connectivity index (χ4v) is 1.98. The Hall–Kier alpha value is -1.95. The first kappa shape index (κ1) is 14.5. The van der Waals surface area contributed by atoms with Crippen LogP contribution >= 0.6 is 0 Å². The van der Waals surface area contributed by atoms with E-state index in [1.165, 1.54) is 0 Å². The number of benzene rings is 1. The molecule has 1 aliphatic rings. The van der Waals surface area contributed by atoms with Gasteiger partial charge in [-0.05, 0) is 0 Å². The van der Waals surface area contributed by atoms with E-state index < -0.39 is 11.9 Å².